The van der Waals surface area contributed by atoms with E-state index in [9.17, 15) is 4.21 Å². The fourth-order valence-corrected chi connectivity index (χ4v) is 1.75. The summed E-state index contributed by atoms with van der Waals surface area (Å²) >= 11 is 0. The van der Waals surface area contributed by atoms with Crippen molar-refractivity contribution in [2.75, 3.05) is 0 Å². The first-order chi connectivity index (χ1) is 6.85. The van der Waals surface area contributed by atoms with Crippen molar-refractivity contribution in [2.45, 2.75) is 38.4 Å². The minimum absolute atomic E-state index is 0.477. The molecule has 1 aromatic carbocycles. The summed E-state index contributed by atoms with van der Waals surface area (Å²) in [6.45, 7) is 8.10. The highest BCUT2D eigenvalue weighted by Crippen LogP contribution is 2.26. The second kappa shape index (κ2) is 4.45. The van der Waals surface area contributed by atoms with Gasteiger partial charge in [0.2, 0.25) is 0 Å². The zero-order chi connectivity index (χ0) is 11.6. The summed E-state index contributed by atoms with van der Waals surface area (Å²) in [5, 5.41) is 5.47. The highest BCUT2D eigenvalue weighted by Gasteiger charge is 2.25. The number of benzene rings is 1. The Bertz CT molecular complexity index is 354. The molecule has 1 aromatic rings. The van der Waals surface area contributed by atoms with Gasteiger partial charge in [0.05, 0.1) is 15.7 Å². The maximum absolute atomic E-state index is 11.4. The van der Waals surface area contributed by atoms with Crippen molar-refractivity contribution in [3.8, 4) is 0 Å². The van der Waals surface area contributed by atoms with Gasteiger partial charge in [0.25, 0.3) is 0 Å². The topological polar surface area (TPSA) is 43.1 Å². The van der Waals surface area contributed by atoms with Crippen LogP contribution in [0.2, 0.25) is 0 Å². The molecule has 0 aliphatic heterocycles. The van der Waals surface area contributed by atoms with Crippen LogP contribution in [-0.2, 0) is 15.7 Å². The summed E-state index contributed by atoms with van der Waals surface area (Å²) in [4.78, 5) is 0. The van der Waals surface area contributed by atoms with E-state index in [0.717, 1.165) is 5.56 Å². The third-order valence-electron chi connectivity index (χ3n) is 2.78. The van der Waals surface area contributed by atoms with Crippen molar-refractivity contribution >= 4 is 11.0 Å². The highest BCUT2D eigenvalue weighted by atomic mass is 32.2. The van der Waals surface area contributed by atoms with Crippen LogP contribution in [0, 0.1) is 0 Å². The van der Waals surface area contributed by atoms with Gasteiger partial charge in [-0.2, -0.15) is 0 Å². The van der Waals surface area contributed by atoms with Crippen molar-refractivity contribution in [2.24, 2.45) is 5.14 Å². The molecule has 0 radical (unpaired) electrons. The van der Waals surface area contributed by atoms with E-state index in [2.05, 4.69) is 26.0 Å². The molecule has 0 aromatic heterocycles. The standard InChI is InChI=1S/C12H19NOS/c1-9(2)10-5-7-11(8-6-10)12(3,4)15(13)14/h5-9H,13H2,1-4H3/t15-/m1/s1. The van der Waals surface area contributed by atoms with Gasteiger partial charge in [-0.15, -0.1) is 0 Å². The van der Waals surface area contributed by atoms with Crippen LogP contribution < -0.4 is 5.14 Å². The van der Waals surface area contributed by atoms with E-state index in [1.807, 2.05) is 26.0 Å². The molecular weight excluding hydrogens is 206 g/mol. The number of hydrogen-bond acceptors (Lipinski definition) is 1. The summed E-state index contributed by atoms with van der Waals surface area (Å²) in [5.74, 6) is 0.519. The molecule has 0 amide bonds. The average Bonchev–Trinajstić information content (AvgIpc) is 2.17. The molecule has 0 aliphatic rings. The van der Waals surface area contributed by atoms with Crippen LogP contribution in [0.15, 0.2) is 24.3 Å². The molecule has 84 valence electrons. The van der Waals surface area contributed by atoms with Gasteiger partial charge in [0.1, 0.15) is 0 Å². The van der Waals surface area contributed by atoms with Gasteiger partial charge in [-0.1, -0.05) is 38.1 Å². The minimum atomic E-state index is -1.34. The quantitative estimate of drug-likeness (QED) is 0.844. The largest absolute Gasteiger partial charge is 0.251 e. The Hall–Kier alpha value is -0.670. The number of hydrogen-bond donors (Lipinski definition) is 1. The monoisotopic (exact) mass is 225 g/mol. The van der Waals surface area contributed by atoms with Crippen molar-refractivity contribution < 1.29 is 4.21 Å². The summed E-state index contributed by atoms with van der Waals surface area (Å²) < 4.78 is 10.9. The van der Waals surface area contributed by atoms with Crippen LogP contribution in [0.1, 0.15) is 44.7 Å². The third kappa shape index (κ3) is 2.67. The number of nitrogens with two attached hydrogens (primary N) is 1. The van der Waals surface area contributed by atoms with E-state index in [4.69, 9.17) is 5.14 Å². The lowest BCUT2D eigenvalue weighted by Crippen LogP contribution is -2.29. The fraction of sp³-hybridized carbons (Fsp3) is 0.500. The van der Waals surface area contributed by atoms with Crippen LogP contribution in [0.5, 0.6) is 0 Å². The third-order valence-corrected chi connectivity index (χ3v) is 4.02. The summed E-state index contributed by atoms with van der Waals surface area (Å²) in [7, 11) is -1.34. The minimum Gasteiger partial charge on any atom is -0.251 e. The molecule has 1 atom stereocenters. The second-order valence-corrected chi connectivity index (χ2v) is 6.20. The lowest BCUT2D eigenvalue weighted by Gasteiger charge is -2.22. The van der Waals surface area contributed by atoms with Gasteiger partial charge in [0.15, 0.2) is 0 Å². The van der Waals surface area contributed by atoms with Crippen LogP contribution in [0.25, 0.3) is 0 Å². The van der Waals surface area contributed by atoms with E-state index in [-0.39, 0.29) is 0 Å². The zero-order valence-electron chi connectivity index (χ0n) is 9.78. The first-order valence-corrected chi connectivity index (χ1v) is 6.33. The maximum atomic E-state index is 11.4. The predicted molar refractivity (Wildman–Crippen MR) is 65.9 cm³/mol. The van der Waals surface area contributed by atoms with Crippen LogP contribution in [-0.4, -0.2) is 4.21 Å². The molecule has 0 aliphatic carbocycles. The Balaban J connectivity index is 3.04. The number of rotatable bonds is 3. The molecule has 0 spiro atoms. The van der Waals surface area contributed by atoms with Crippen molar-refractivity contribution in [1.82, 2.24) is 0 Å². The van der Waals surface area contributed by atoms with E-state index >= 15 is 0 Å². The summed E-state index contributed by atoms with van der Waals surface area (Å²) in [6, 6.07) is 8.18. The van der Waals surface area contributed by atoms with Crippen LogP contribution in [0.3, 0.4) is 0 Å². The predicted octanol–water partition coefficient (Wildman–Crippen LogP) is 2.67. The van der Waals surface area contributed by atoms with Gasteiger partial charge in [-0.05, 0) is 30.9 Å². The van der Waals surface area contributed by atoms with E-state index in [0.29, 0.717) is 5.92 Å². The smallest absolute Gasteiger partial charge is 0.0990 e. The second-order valence-electron chi connectivity index (χ2n) is 4.58. The molecule has 2 N–H and O–H groups in total. The van der Waals surface area contributed by atoms with Crippen molar-refractivity contribution in [3.05, 3.63) is 35.4 Å². The van der Waals surface area contributed by atoms with E-state index in [1.54, 1.807) is 0 Å². The Morgan fingerprint density at radius 3 is 2.00 bits per heavy atom. The molecule has 2 nitrogen and oxygen atoms in total. The molecule has 15 heavy (non-hydrogen) atoms. The van der Waals surface area contributed by atoms with Gasteiger partial charge >= 0.3 is 0 Å². The SMILES string of the molecule is CC(C)c1ccc(C(C)(C)[S@](N)=O)cc1. The maximum Gasteiger partial charge on any atom is 0.0990 e. The molecule has 0 heterocycles. The average molecular weight is 225 g/mol. The molecule has 0 unspecified atom stereocenters. The van der Waals surface area contributed by atoms with Gasteiger partial charge < -0.3 is 0 Å². The Morgan fingerprint density at radius 1 is 1.20 bits per heavy atom. The van der Waals surface area contributed by atoms with Gasteiger partial charge in [0, 0.05) is 0 Å². The molecule has 3 heteroatoms. The molecule has 0 bridgehead atoms. The van der Waals surface area contributed by atoms with Gasteiger partial charge in [-0.25, -0.2) is 4.21 Å². The summed E-state index contributed by atoms with van der Waals surface area (Å²) in [5.41, 5.74) is 2.31. The first-order valence-electron chi connectivity index (χ1n) is 5.12. The molecule has 0 saturated heterocycles. The summed E-state index contributed by atoms with van der Waals surface area (Å²) in [6.07, 6.45) is 0. The molecule has 1 rings (SSSR count). The van der Waals surface area contributed by atoms with E-state index in [1.165, 1.54) is 5.56 Å². The van der Waals surface area contributed by atoms with Crippen molar-refractivity contribution in [3.63, 3.8) is 0 Å². The molecule has 0 fully saturated rings. The lowest BCUT2D eigenvalue weighted by atomic mass is 9.97. The Kier molecular flexibility index (Phi) is 3.68. The first kappa shape index (κ1) is 12.4. The fourth-order valence-electron chi connectivity index (χ4n) is 1.39. The Morgan fingerprint density at radius 2 is 1.67 bits per heavy atom. The van der Waals surface area contributed by atoms with Crippen LogP contribution >= 0.6 is 0 Å². The van der Waals surface area contributed by atoms with Crippen LogP contribution in [0.4, 0.5) is 0 Å². The normalized spacial score (nSPS) is 14.3. The molecular formula is C12H19NOS. The zero-order valence-corrected chi connectivity index (χ0v) is 10.6. The van der Waals surface area contributed by atoms with Gasteiger partial charge in [-0.3, -0.25) is 5.14 Å². The van der Waals surface area contributed by atoms with E-state index < -0.39 is 15.7 Å². The Labute approximate surface area is 94.5 Å². The van der Waals surface area contributed by atoms with Crippen molar-refractivity contribution in [1.29, 1.82) is 0 Å². The molecule has 0 saturated carbocycles. The highest BCUT2D eigenvalue weighted by molar-refractivity contribution is 7.83. The lowest BCUT2D eigenvalue weighted by molar-refractivity contribution is 0.644.